The summed E-state index contributed by atoms with van der Waals surface area (Å²) in [5.41, 5.74) is 5.26. The Morgan fingerprint density at radius 3 is 2.88 bits per heavy atom. The summed E-state index contributed by atoms with van der Waals surface area (Å²) in [6, 6.07) is 10.2. The second-order valence-corrected chi connectivity index (χ2v) is 6.67. The van der Waals surface area contributed by atoms with Crippen LogP contribution in [0.5, 0.6) is 0 Å². The quantitative estimate of drug-likeness (QED) is 0.787. The predicted molar refractivity (Wildman–Crippen MR) is 95.3 cm³/mol. The molecular formula is C20H21N3O2. The van der Waals surface area contributed by atoms with E-state index in [-0.39, 0.29) is 11.8 Å². The molecule has 0 radical (unpaired) electrons. The second-order valence-electron chi connectivity index (χ2n) is 6.67. The zero-order valence-electron chi connectivity index (χ0n) is 14.2. The van der Waals surface area contributed by atoms with Crippen LogP contribution in [0.2, 0.25) is 0 Å². The van der Waals surface area contributed by atoms with Crippen molar-refractivity contribution in [2.45, 2.75) is 25.7 Å². The molecule has 0 spiro atoms. The summed E-state index contributed by atoms with van der Waals surface area (Å²) in [4.78, 5) is 14.5. The number of hydrogen-bond donors (Lipinski definition) is 1. The van der Waals surface area contributed by atoms with Crippen molar-refractivity contribution in [2.24, 2.45) is 0 Å². The van der Waals surface area contributed by atoms with Gasteiger partial charge in [-0.2, -0.15) is 5.10 Å². The average molecular weight is 335 g/mol. The number of rotatable bonds is 3. The third-order valence-electron chi connectivity index (χ3n) is 4.92. The number of nitrogens with one attached hydrogen (secondary N) is 1. The molecule has 1 aliphatic rings. The van der Waals surface area contributed by atoms with Gasteiger partial charge in [0.15, 0.2) is 0 Å². The maximum Gasteiger partial charge on any atom is 0.257 e. The first-order valence-electron chi connectivity index (χ1n) is 8.64. The number of carbonyl (C=O) groups is 1. The Balaban J connectivity index is 1.57. The van der Waals surface area contributed by atoms with Crippen molar-refractivity contribution in [3.8, 4) is 11.1 Å². The van der Waals surface area contributed by atoms with Crippen LogP contribution in [0.15, 0.2) is 53.5 Å². The van der Waals surface area contributed by atoms with Gasteiger partial charge >= 0.3 is 0 Å². The van der Waals surface area contributed by atoms with Crippen LogP contribution in [-0.4, -0.2) is 34.1 Å². The fraction of sp³-hybridized carbons (Fsp3) is 0.300. The number of piperidine rings is 1. The number of benzene rings is 1. The summed E-state index contributed by atoms with van der Waals surface area (Å²) in [6.07, 6.45) is 6.98. The molecular weight excluding hydrogens is 314 g/mol. The number of aromatic amines is 1. The van der Waals surface area contributed by atoms with Crippen molar-refractivity contribution in [3.63, 3.8) is 0 Å². The lowest BCUT2D eigenvalue weighted by atomic mass is 9.90. The second kappa shape index (κ2) is 6.59. The minimum Gasteiger partial charge on any atom is -0.472 e. The summed E-state index contributed by atoms with van der Waals surface area (Å²) in [5, 5.41) is 7.45. The van der Waals surface area contributed by atoms with Gasteiger partial charge in [-0.15, -0.1) is 0 Å². The van der Waals surface area contributed by atoms with Crippen molar-refractivity contribution in [1.82, 2.24) is 15.1 Å². The highest BCUT2D eigenvalue weighted by Crippen LogP contribution is 2.33. The lowest BCUT2D eigenvalue weighted by Gasteiger charge is -2.32. The van der Waals surface area contributed by atoms with Crippen LogP contribution in [0.3, 0.4) is 0 Å². The maximum atomic E-state index is 12.6. The zero-order chi connectivity index (χ0) is 17.2. The number of aromatic nitrogens is 2. The third kappa shape index (κ3) is 3.09. The molecule has 1 N–H and O–H groups in total. The minimum atomic E-state index is 0.0369. The van der Waals surface area contributed by atoms with Crippen molar-refractivity contribution in [2.75, 3.05) is 13.1 Å². The van der Waals surface area contributed by atoms with E-state index >= 15 is 0 Å². The highest BCUT2D eigenvalue weighted by atomic mass is 16.3. The summed E-state index contributed by atoms with van der Waals surface area (Å²) >= 11 is 0. The number of amides is 1. The van der Waals surface area contributed by atoms with Gasteiger partial charge in [-0.3, -0.25) is 9.89 Å². The van der Waals surface area contributed by atoms with Gasteiger partial charge in [-0.25, -0.2) is 0 Å². The number of nitrogens with zero attached hydrogens (tertiary/aromatic N) is 2. The molecule has 0 aliphatic carbocycles. The first kappa shape index (κ1) is 15.7. The Bertz CT molecular complexity index is 849. The molecule has 0 unspecified atom stereocenters. The fourth-order valence-electron chi connectivity index (χ4n) is 3.54. The molecule has 1 saturated heterocycles. The Morgan fingerprint density at radius 2 is 2.12 bits per heavy atom. The fourth-order valence-corrected chi connectivity index (χ4v) is 3.54. The maximum absolute atomic E-state index is 12.6. The third-order valence-corrected chi connectivity index (χ3v) is 4.92. The highest BCUT2D eigenvalue weighted by molar-refractivity contribution is 5.94. The van der Waals surface area contributed by atoms with Gasteiger partial charge in [-0.05, 0) is 31.4 Å². The number of aryl methyl sites for hydroxylation is 1. The van der Waals surface area contributed by atoms with Gasteiger partial charge in [0.1, 0.15) is 6.26 Å². The van der Waals surface area contributed by atoms with E-state index in [4.69, 9.17) is 4.42 Å². The lowest BCUT2D eigenvalue weighted by molar-refractivity contribution is 0.0705. The molecule has 4 rings (SSSR count). The number of H-pyrrole nitrogens is 1. The SMILES string of the molecule is Cc1ccc(-c2cn[nH]c2[C@@H]2CCCN(C(=O)c3ccoc3)C2)cc1. The van der Waals surface area contributed by atoms with E-state index in [0.717, 1.165) is 36.2 Å². The molecule has 1 aliphatic heterocycles. The van der Waals surface area contributed by atoms with Gasteiger partial charge in [0, 0.05) is 30.3 Å². The lowest BCUT2D eigenvalue weighted by Crippen LogP contribution is -2.39. The van der Waals surface area contributed by atoms with E-state index < -0.39 is 0 Å². The van der Waals surface area contributed by atoms with Gasteiger partial charge in [0.2, 0.25) is 0 Å². The number of hydrogen-bond acceptors (Lipinski definition) is 3. The first-order chi connectivity index (χ1) is 12.2. The minimum absolute atomic E-state index is 0.0369. The molecule has 0 bridgehead atoms. The smallest absolute Gasteiger partial charge is 0.257 e. The van der Waals surface area contributed by atoms with Gasteiger partial charge in [0.05, 0.1) is 18.0 Å². The standard InChI is InChI=1S/C20H21N3O2/c1-14-4-6-15(7-5-14)18-11-21-22-19(18)16-3-2-9-23(12-16)20(24)17-8-10-25-13-17/h4-8,10-11,13,16H,2-3,9,12H2,1H3,(H,21,22)/t16-/m1/s1. The molecule has 2 aromatic heterocycles. The Hall–Kier alpha value is -2.82. The molecule has 5 heteroatoms. The zero-order valence-corrected chi connectivity index (χ0v) is 14.2. The number of likely N-dealkylation sites (tertiary alicyclic amines) is 1. The molecule has 5 nitrogen and oxygen atoms in total. The monoisotopic (exact) mass is 335 g/mol. The van der Waals surface area contributed by atoms with Crippen LogP contribution < -0.4 is 0 Å². The van der Waals surface area contributed by atoms with Crippen molar-refractivity contribution >= 4 is 5.91 Å². The van der Waals surface area contributed by atoms with E-state index in [1.54, 1.807) is 12.3 Å². The number of furan rings is 1. The van der Waals surface area contributed by atoms with E-state index in [1.165, 1.54) is 11.8 Å². The summed E-state index contributed by atoms with van der Waals surface area (Å²) in [5.74, 6) is 0.304. The topological polar surface area (TPSA) is 62.1 Å². The van der Waals surface area contributed by atoms with Gasteiger partial charge < -0.3 is 9.32 Å². The van der Waals surface area contributed by atoms with Crippen molar-refractivity contribution in [3.05, 3.63) is 65.9 Å². The molecule has 0 saturated carbocycles. The van der Waals surface area contributed by atoms with E-state index in [2.05, 4.69) is 41.4 Å². The van der Waals surface area contributed by atoms with Crippen LogP contribution in [0.1, 0.15) is 40.4 Å². The van der Waals surface area contributed by atoms with Crippen molar-refractivity contribution in [1.29, 1.82) is 0 Å². The highest BCUT2D eigenvalue weighted by Gasteiger charge is 2.28. The Kier molecular flexibility index (Phi) is 4.14. The molecule has 25 heavy (non-hydrogen) atoms. The van der Waals surface area contributed by atoms with Gasteiger partial charge in [0.25, 0.3) is 5.91 Å². The Morgan fingerprint density at radius 1 is 1.28 bits per heavy atom. The van der Waals surface area contributed by atoms with Crippen molar-refractivity contribution < 1.29 is 9.21 Å². The van der Waals surface area contributed by atoms with E-state index in [9.17, 15) is 4.79 Å². The van der Waals surface area contributed by atoms with Crippen LogP contribution in [0, 0.1) is 6.92 Å². The normalized spacial score (nSPS) is 17.6. The predicted octanol–water partition coefficient (Wildman–Crippen LogP) is 4.00. The first-order valence-corrected chi connectivity index (χ1v) is 8.64. The van der Waals surface area contributed by atoms with E-state index in [1.807, 2.05) is 11.1 Å². The van der Waals surface area contributed by atoms with Gasteiger partial charge in [-0.1, -0.05) is 29.8 Å². The van der Waals surface area contributed by atoms with Crippen LogP contribution >= 0.6 is 0 Å². The summed E-state index contributed by atoms with van der Waals surface area (Å²) in [6.45, 7) is 3.57. The van der Waals surface area contributed by atoms with Crippen LogP contribution in [0.4, 0.5) is 0 Å². The van der Waals surface area contributed by atoms with E-state index in [0.29, 0.717) is 12.1 Å². The molecule has 3 aromatic rings. The molecule has 1 fully saturated rings. The number of carbonyl (C=O) groups excluding carboxylic acids is 1. The van der Waals surface area contributed by atoms with Crippen LogP contribution in [0.25, 0.3) is 11.1 Å². The molecule has 3 heterocycles. The molecule has 128 valence electrons. The summed E-state index contributed by atoms with van der Waals surface area (Å²) < 4.78 is 5.05. The Labute approximate surface area is 146 Å². The van der Waals surface area contributed by atoms with Crippen LogP contribution in [-0.2, 0) is 0 Å². The summed E-state index contributed by atoms with van der Waals surface area (Å²) in [7, 11) is 0. The molecule has 1 atom stereocenters. The average Bonchev–Trinajstić information content (AvgIpc) is 3.34. The largest absolute Gasteiger partial charge is 0.472 e. The molecule has 1 amide bonds. The molecule has 1 aromatic carbocycles.